The first-order chi connectivity index (χ1) is 7.75. The second-order valence-corrected chi connectivity index (χ2v) is 3.96. The minimum Gasteiger partial charge on any atom is -0.460 e. The summed E-state index contributed by atoms with van der Waals surface area (Å²) < 4.78 is 5.23. The Morgan fingerprint density at radius 3 is 2.69 bits per heavy atom. The Morgan fingerprint density at radius 1 is 1.00 bits per heavy atom. The topological polar surface area (TPSA) is 30.2 Å². The van der Waals surface area contributed by atoms with E-state index in [1.807, 2.05) is 43.3 Å². The lowest BCUT2D eigenvalue weighted by atomic mass is 10.1. The molecule has 0 aliphatic heterocycles. The zero-order valence-corrected chi connectivity index (χ0v) is 8.86. The predicted molar refractivity (Wildman–Crippen MR) is 64.7 cm³/mol. The van der Waals surface area contributed by atoms with Crippen molar-refractivity contribution in [3.63, 3.8) is 0 Å². The van der Waals surface area contributed by atoms with Gasteiger partial charge in [-0.3, -0.25) is 4.79 Å². The molecule has 78 valence electrons. The Bertz CT molecular complexity index is 738. The van der Waals surface area contributed by atoms with Crippen LogP contribution in [0.15, 0.2) is 51.9 Å². The number of rotatable bonds is 0. The van der Waals surface area contributed by atoms with E-state index in [1.165, 1.54) is 0 Å². The Labute approximate surface area is 92.1 Å². The van der Waals surface area contributed by atoms with Gasteiger partial charge in [-0.1, -0.05) is 35.9 Å². The largest absolute Gasteiger partial charge is 0.460 e. The second kappa shape index (κ2) is 3.20. The molecule has 0 aliphatic rings. The molecule has 0 unspecified atom stereocenters. The van der Waals surface area contributed by atoms with Crippen LogP contribution < -0.4 is 5.43 Å². The lowest BCUT2D eigenvalue weighted by Gasteiger charge is -1.93. The van der Waals surface area contributed by atoms with Crippen LogP contribution in [0.2, 0.25) is 0 Å². The smallest absolute Gasteiger partial charge is 0.229 e. The molecule has 0 saturated carbocycles. The third kappa shape index (κ3) is 1.23. The van der Waals surface area contributed by atoms with Gasteiger partial charge < -0.3 is 4.42 Å². The van der Waals surface area contributed by atoms with E-state index in [2.05, 4.69) is 0 Å². The molecular weight excluding hydrogens is 200 g/mol. The third-order valence-corrected chi connectivity index (χ3v) is 2.80. The second-order valence-electron chi connectivity index (χ2n) is 3.96. The number of fused-ring (bicyclic) bond motifs is 2. The molecule has 0 amide bonds. The summed E-state index contributed by atoms with van der Waals surface area (Å²) >= 11 is 0. The molecule has 0 saturated heterocycles. The number of hydrogen-bond donors (Lipinski definition) is 0. The Hall–Kier alpha value is -2.09. The summed E-state index contributed by atoms with van der Waals surface area (Å²) in [5.74, 6) is 0. The molecular formula is C14H10O2. The van der Waals surface area contributed by atoms with E-state index in [0.29, 0.717) is 11.0 Å². The predicted octanol–water partition coefficient (Wildman–Crippen LogP) is 3.25. The Kier molecular flexibility index (Phi) is 1.83. The monoisotopic (exact) mass is 210 g/mol. The van der Waals surface area contributed by atoms with Gasteiger partial charge >= 0.3 is 0 Å². The number of furan rings is 1. The third-order valence-electron chi connectivity index (χ3n) is 2.80. The van der Waals surface area contributed by atoms with Crippen molar-refractivity contribution in [1.29, 1.82) is 0 Å². The highest BCUT2D eigenvalue weighted by atomic mass is 16.3. The van der Waals surface area contributed by atoms with Crippen LogP contribution in [0, 0.1) is 6.92 Å². The highest BCUT2D eigenvalue weighted by Crippen LogP contribution is 2.16. The normalized spacial score (nSPS) is 11.1. The average molecular weight is 210 g/mol. The zero-order valence-electron chi connectivity index (χ0n) is 8.86. The fourth-order valence-electron chi connectivity index (χ4n) is 1.96. The van der Waals surface area contributed by atoms with E-state index < -0.39 is 0 Å². The van der Waals surface area contributed by atoms with Crippen molar-refractivity contribution in [2.45, 2.75) is 6.92 Å². The average Bonchev–Trinajstić information content (AvgIpc) is 2.69. The molecule has 3 rings (SSSR count). The van der Waals surface area contributed by atoms with Crippen LogP contribution in [0.1, 0.15) is 5.56 Å². The van der Waals surface area contributed by atoms with Crippen molar-refractivity contribution in [3.05, 3.63) is 58.4 Å². The van der Waals surface area contributed by atoms with Crippen molar-refractivity contribution < 1.29 is 4.42 Å². The molecule has 3 aromatic rings. The van der Waals surface area contributed by atoms with Gasteiger partial charge in [-0.05, 0) is 18.4 Å². The van der Waals surface area contributed by atoms with E-state index in [0.717, 1.165) is 16.3 Å². The lowest BCUT2D eigenvalue weighted by molar-refractivity contribution is 0.614. The first-order valence-corrected chi connectivity index (χ1v) is 5.16. The van der Waals surface area contributed by atoms with E-state index >= 15 is 0 Å². The molecule has 0 N–H and O–H groups in total. The minimum absolute atomic E-state index is 0.0417. The summed E-state index contributed by atoms with van der Waals surface area (Å²) in [6.45, 7) is 2.01. The van der Waals surface area contributed by atoms with Gasteiger partial charge in [-0.2, -0.15) is 0 Å². The first kappa shape index (κ1) is 9.16. The minimum atomic E-state index is -0.0417. The molecule has 16 heavy (non-hydrogen) atoms. The SMILES string of the molecule is Cc1ccc2c(=O)c3occc3ccc2c1. The van der Waals surface area contributed by atoms with Crippen LogP contribution in [0.5, 0.6) is 0 Å². The highest BCUT2D eigenvalue weighted by Gasteiger charge is 2.04. The van der Waals surface area contributed by atoms with Crippen LogP contribution in [-0.2, 0) is 0 Å². The molecule has 1 aromatic heterocycles. The number of hydrogen-bond acceptors (Lipinski definition) is 2. The van der Waals surface area contributed by atoms with Gasteiger partial charge in [0.1, 0.15) is 0 Å². The molecule has 0 radical (unpaired) electrons. The van der Waals surface area contributed by atoms with Crippen LogP contribution in [0.3, 0.4) is 0 Å². The summed E-state index contributed by atoms with van der Waals surface area (Å²) in [4.78, 5) is 12.2. The molecule has 1 heterocycles. The first-order valence-electron chi connectivity index (χ1n) is 5.16. The maximum absolute atomic E-state index is 12.2. The summed E-state index contributed by atoms with van der Waals surface area (Å²) in [6.07, 6.45) is 1.55. The fourth-order valence-corrected chi connectivity index (χ4v) is 1.96. The molecule has 2 aromatic carbocycles. The van der Waals surface area contributed by atoms with Gasteiger partial charge in [0.25, 0.3) is 0 Å². The van der Waals surface area contributed by atoms with Crippen LogP contribution in [0.4, 0.5) is 0 Å². The fraction of sp³-hybridized carbons (Fsp3) is 0.0714. The van der Waals surface area contributed by atoms with E-state index in [1.54, 1.807) is 6.26 Å². The van der Waals surface area contributed by atoms with Crippen LogP contribution in [-0.4, -0.2) is 0 Å². The molecule has 0 spiro atoms. The Morgan fingerprint density at radius 2 is 1.81 bits per heavy atom. The van der Waals surface area contributed by atoms with E-state index in [4.69, 9.17) is 4.42 Å². The molecule has 0 atom stereocenters. The van der Waals surface area contributed by atoms with Crippen molar-refractivity contribution in [1.82, 2.24) is 0 Å². The molecule has 0 aliphatic carbocycles. The van der Waals surface area contributed by atoms with Gasteiger partial charge in [-0.15, -0.1) is 0 Å². The van der Waals surface area contributed by atoms with Crippen molar-refractivity contribution in [2.24, 2.45) is 0 Å². The van der Waals surface area contributed by atoms with Gasteiger partial charge in [-0.25, -0.2) is 0 Å². The van der Waals surface area contributed by atoms with Gasteiger partial charge in [0, 0.05) is 10.8 Å². The van der Waals surface area contributed by atoms with Gasteiger partial charge in [0.05, 0.1) is 6.26 Å². The van der Waals surface area contributed by atoms with Crippen LogP contribution in [0.25, 0.3) is 21.7 Å². The molecule has 2 heteroatoms. The number of benzene rings is 1. The maximum atomic E-state index is 12.2. The molecule has 0 fully saturated rings. The number of aryl methyl sites for hydroxylation is 1. The van der Waals surface area contributed by atoms with Gasteiger partial charge in [0.15, 0.2) is 5.58 Å². The van der Waals surface area contributed by atoms with Crippen molar-refractivity contribution >= 4 is 21.7 Å². The summed E-state index contributed by atoms with van der Waals surface area (Å²) in [6, 6.07) is 11.5. The summed E-state index contributed by atoms with van der Waals surface area (Å²) in [5.41, 5.74) is 1.54. The lowest BCUT2D eigenvalue weighted by Crippen LogP contribution is -1.96. The van der Waals surface area contributed by atoms with Crippen LogP contribution >= 0.6 is 0 Å². The van der Waals surface area contributed by atoms with E-state index in [9.17, 15) is 4.79 Å². The summed E-state index contributed by atoms with van der Waals surface area (Å²) in [5, 5.41) is 2.51. The zero-order chi connectivity index (χ0) is 11.1. The van der Waals surface area contributed by atoms with Gasteiger partial charge in [0.2, 0.25) is 5.43 Å². The Balaban J connectivity index is 2.64. The van der Waals surface area contributed by atoms with E-state index in [-0.39, 0.29) is 5.43 Å². The standard InChI is InChI=1S/C14H10O2/c1-9-2-5-12-11(8-9)4-3-10-6-7-16-14(10)13(12)15/h2-8H,1H3. The quantitative estimate of drug-likeness (QED) is 0.570. The maximum Gasteiger partial charge on any atom is 0.229 e. The van der Waals surface area contributed by atoms with Crippen molar-refractivity contribution in [2.75, 3.05) is 0 Å². The molecule has 0 bridgehead atoms. The molecule has 2 nitrogen and oxygen atoms in total. The van der Waals surface area contributed by atoms with Crippen molar-refractivity contribution in [3.8, 4) is 0 Å². The highest BCUT2D eigenvalue weighted by molar-refractivity contribution is 5.90. The summed E-state index contributed by atoms with van der Waals surface area (Å²) in [7, 11) is 0.